The van der Waals surface area contributed by atoms with Crippen LogP contribution in [0.3, 0.4) is 0 Å². The van der Waals surface area contributed by atoms with Gasteiger partial charge in [0, 0.05) is 19.5 Å². The summed E-state index contributed by atoms with van der Waals surface area (Å²) in [6.07, 6.45) is 0.475. The lowest BCUT2D eigenvalue weighted by atomic mass is 10.1. The molecule has 0 fully saturated rings. The maximum absolute atomic E-state index is 12.8. The zero-order chi connectivity index (χ0) is 22.5. The number of nitrogens with zero attached hydrogens (tertiary/aromatic N) is 1. The van der Waals surface area contributed by atoms with Gasteiger partial charge < -0.3 is 9.08 Å². The first-order valence-electron chi connectivity index (χ1n) is 10.1. The van der Waals surface area contributed by atoms with E-state index in [4.69, 9.17) is 15.8 Å². The highest BCUT2D eigenvalue weighted by Crippen LogP contribution is 2.28. The molecule has 0 aromatic heterocycles. The van der Waals surface area contributed by atoms with E-state index in [1.54, 1.807) is 37.3 Å². The Kier molecular flexibility index (Phi) is 8.33. The van der Waals surface area contributed by atoms with Crippen molar-refractivity contribution < 1.29 is 17.4 Å². The summed E-state index contributed by atoms with van der Waals surface area (Å²) in [5.41, 5.74) is 1.32. The Balaban J connectivity index is 2.25. The van der Waals surface area contributed by atoms with E-state index in [2.05, 4.69) is 13.8 Å². The minimum Gasteiger partial charge on any atom is -0.379 e. The molecule has 0 unspecified atom stereocenters. The Hall–Kier alpha value is -2.05. The third kappa shape index (κ3) is 6.74. The molecule has 0 heterocycles. The molecule has 0 atom stereocenters. The smallest absolute Gasteiger partial charge is 0.340 e. The van der Waals surface area contributed by atoms with Gasteiger partial charge in [0.25, 0.3) is 0 Å². The molecule has 0 saturated heterocycles. The number of amides is 1. The van der Waals surface area contributed by atoms with Crippen molar-refractivity contribution >= 4 is 27.6 Å². The van der Waals surface area contributed by atoms with Crippen molar-refractivity contribution in [3.63, 3.8) is 0 Å². The number of hydrogen-bond acceptors (Lipinski definition) is 4. The first-order valence-corrected chi connectivity index (χ1v) is 11.8. The summed E-state index contributed by atoms with van der Waals surface area (Å²) in [6, 6.07) is 11.7. The summed E-state index contributed by atoms with van der Waals surface area (Å²) in [7, 11) is -4.08. The zero-order valence-corrected chi connectivity index (χ0v) is 19.8. The van der Waals surface area contributed by atoms with Crippen LogP contribution in [0.2, 0.25) is 5.02 Å². The molecule has 0 spiro atoms. The largest absolute Gasteiger partial charge is 0.379 e. The molecule has 2 aromatic carbocycles. The summed E-state index contributed by atoms with van der Waals surface area (Å²) >= 11 is 6.10. The van der Waals surface area contributed by atoms with Gasteiger partial charge in [0.2, 0.25) is 5.91 Å². The fraction of sp³-hybridized carbons (Fsp3) is 0.435. The molecular weight excluding hydrogens is 422 g/mol. The van der Waals surface area contributed by atoms with Crippen molar-refractivity contribution in [2.24, 2.45) is 11.8 Å². The third-order valence-corrected chi connectivity index (χ3v) is 6.29. The van der Waals surface area contributed by atoms with E-state index in [-0.39, 0.29) is 27.5 Å². The Labute approximate surface area is 185 Å². The van der Waals surface area contributed by atoms with Gasteiger partial charge in [0.15, 0.2) is 0 Å². The van der Waals surface area contributed by atoms with Crippen molar-refractivity contribution in [2.45, 2.75) is 52.5 Å². The average molecular weight is 452 g/mol. The van der Waals surface area contributed by atoms with Crippen molar-refractivity contribution in [1.29, 1.82) is 0 Å². The number of benzene rings is 2. The summed E-state index contributed by atoms with van der Waals surface area (Å²) < 4.78 is 30.9. The monoisotopic (exact) mass is 451 g/mol. The second-order valence-electron chi connectivity index (χ2n) is 8.34. The quantitative estimate of drug-likeness (QED) is 0.476. The van der Waals surface area contributed by atoms with Crippen molar-refractivity contribution in [3.05, 3.63) is 58.6 Å². The Morgan fingerprint density at radius 1 is 1.07 bits per heavy atom. The van der Waals surface area contributed by atoms with Crippen LogP contribution < -0.4 is 4.18 Å². The van der Waals surface area contributed by atoms with Gasteiger partial charge in [-0.2, -0.15) is 8.42 Å². The molecule has 7 heteroatoms. The molecule has 2 aromatic rings. The van der Waals surface area contributed by atoms with Gasteiger partial charge in [-0.05, 0) is 48.1 Å². The molecule has 2 rings (SSSR count). The molecule has 1 amide bonds. The standard InChI is InChI=1S/C23H30ClNO4S/c1-16(2)12-22(26)25(14-17(3)4)15-19-9-7-10-20(13-19)29-30(27,28)23-18(5)8-6-11-21(23)24/h6-11,13,16-17H,12,14-15H2,1-5H3. The first kappa shape index (κ1) is 24.2. The van der Waals surface area contributed by atoms with Crippen LogP contribution in [-0.4, -0.2) is 25.8 Å². The third-order valence-electron chi connectivity index (χ3n) is 4.41. The SMILES string of the molecule is Cc1cccc(Cl)c1S(=O)(=O)Oc1cccc(CN(CC(C)C)C(=O)CC(C)C)c1. The predicted octanol–water partition coefficient (Wildman–Crippen LogP) is 5.45. The fourth-order valence-electron chi connectivity index (χ4n) is 3.19. The number of aryl methyl sites for hydroxylation is 1. The fourth-order valence-corrected chi connectivity index (χ4v) is 4.91. The normalized spacial score (nSPS) is 11.7. The topological polar surface area (TPSA) is 63.7 Å². The van der Waals surface area contributed by atoms with Crippen molar-refractivity contribution in [1.82, 2.24) is 4.90 Å². The highest BCUT2D eigenvalue weighted by atomic mass is 35.5. The minimum absolute atomic E-state index is 0.0365. The lowest BCUT2D eigenvalue weighted by Crippen LogP contribution is -2.34. The number of hydrogen-bond donors (Lipinski definition) is 0. The maximum atomic E-state index is 12.8. The van der Waals surface area contributed by atoms with Gasteiger partial charge in [-0.1, -0.05) is 63.6 Å². The Bertz CT molecular complexity index is 966. The van der Waals surface area contributed by atoms with Crippen LogP contribution in [0.25, 0.3) is 0 Å². The molecule has 0 aliphatic rings. The van der Waals surface area contributed by atoms with Crippen LogP contribution in [0.5, 0.6) is 5.75 Å². The summed E-state index contributed by atoms with van der Waals surface area (Å²) in [5.74, 6) is 0.868. The highest BCUT2D eigenvalue weighted by Gasteiger charge is 2.23. The molecule has 0 N–H and O–H groups in total. The molecular formula is C23H30ClNO4S. The van der Waals surface area contributed by atoms with Crippen LogP contribution in [0.15, 0.2) is 47.4 Å². The van der Waals surface area contributed by atoms with E-state index < -0.39 is 10.1 Å². The number of carbonyl (C=O) groups is 1. The molecule has 0 aliphatic heterocycles. The molecule has 0 radical (unpaired) electrons. The van der Waals surface area contributed by atoms with E-state index >= 15 is 0 Å². The predicted molar refractivity (Wildman–Crippen MR) is 120 cm³/mol. The lowest BCUT2D eigenvalue weighted by Gasteiger charge is -2.26. The van der Waals surface area contributed by atoms with Gasteiger partial charge in [0.1, 0.15) is 10.6 Å². The second-order valence-corrected chi connectivity index (χ2v) is 10.2. The van der Waals surface area contributed by atoms with Gasteiger partial charge in [-0.15, -0.1) is 0 Å². The molecule has 0 bridgehead atoms. The lowest BCUT2D eigenvalue weighted by molar-refractivity contribution is -0.133. The average Bonchev–Trinajstić information content (AvgIpc) is 2.59. The van der Waals surface area contributed by atoms with Crippen LogP contribution in [0.1, 0.15) is 45.2 Å². The van der Waals surface area contributed by atoms with Crippen LogP contribution in [0.4, 0.5) is 0 Å². The summed E-state index contributed by atoms with van der Waals surface area (Å²) in [6.45, 7) is 10.9. The second kappa shape index (κ2) is 10.3. The van der Waals surface area contributed by atoms with E-state index in [0.717, 1.165) is 5.56 Å². The molecule has 5 nitrogen and oxygen atoms in total. The van der Waals surface area contributed by atoms with E-state index in [1.807, 2.05) is 24.8 Å². The zero-order valence-electron chi connectivity index (χ0n) is 18.2. The summed E-state index contributed by atoms with van der Waals surface area (Å²) in [5, 5.41) is 0.119. The highest BCUT2D eigenvalue weighted by molar-refractivity contribution is 7.87. The van der Waals surface area contributed by atoms with E-state index in [9.17, 15) is 13.2 Å². The van der Waals surface area contributed by atoms with Crippen LogP contribution >= 0.6 is 11.6 Å². The van der Waals surface area contributed by atoms with Crippen LogP contribution in [-0.2, 0) is 21.5 Å². The van der Waals surface area contributed by atoms with Gasteiger partial charge in [-0.3, -0.25) is 4.79 Å². The Morgan fingerprint density at radius 2 is 1.73 bits per heavy atom. The minimum atomic E-state index is -4.08. The number of rotatable bonds is 9. The molecule has 164 valence electrons. The van der Waals surface area contributed by atoms with E-state index in [0.29, 0.717) is 31.0 Å². The van der Waals surface area contributed by atoms with Crippen molar-refractivity contribution in [3.8, 4) is 5.75 Å². The maximum Gasteiger partial charge on any atom is 0.340 e. The Morgan fingerprint density at radius 3 is 2.33 bits per heavy atom. The first-order chi connectivity index (χ1) is 14.0. The number of halogens is 1. The summed E-state index contributed by atoms with van der Waals surface area (Å²) in [4.78, 5) is 14.4. The molecule has 0 saturated carbocycles. The van der Waals surface area contributed by atoms with Crippen LogP contribution in [0, 0.1) is 18.8 Å². The van der Waals surface area contributed by atoms with Gasteiger partial charge in [0.05, 0.1) is 5.02 Å². The molecule has 0 aliphatic carbocycles. The van der Waals surface area contributed by atoms with Crippen molar-refractivity contribution in [2.75, 3.05) is 6.54 Å². The van der Waals surface area contributed by atoms with Gasteiger partial charge >= 0.3 is 10.1 Å². The number of carbonyl (C=O) groups excluding carboxylic acids is 1. The molecule has 30 heavy (non-hydrogen) atoms. The van der Waals surface area contributed by atoms with Gasteiger partial charge in [-0.25, -0.2) is 0 Å². The van der Waals surface area contributed by atoms with E-state index in [1.165, 1.54) is 6.07 Å².